The largest absolute Gasteiger partial charge is 0.242 e. The third kappa shape index (κ3) is 4.37. The Morgan fingerprint density at radius 2 is 1.50 bits per heavy atom. The summed E-state index contributed by atoms with van der Waals surface area (Å²) in [6.45, 7) is 1.93. The maximum Gasteiger partial charge on any atom is 0.242 e. The predicted octanol–water partition coefficient (Wildman–Crippen LogP) is 2.47. The van der Waals surface area contributed by atoms with E-state index in [1.807, 2.05) is 6.92 Å². The Balaban J connectivity index is 1.77. The van der Waals surface area contributed by atoms with Crippen LogP contribution in [0.4, 0.5) is 0 Å². The molecule has 1 N–H and O–H groups in total. The molecule has 1 aromatic rings. The summed E-state index contributed by atoms with van der Waals surface area (Å²) in [5.41, 5.74) is 1.03. The van der Waals surface area contributed by atoms with Gasteiger partial charge in [-0.15, -0.1) is 0 Å². The zero-order chi connectivity index (χ0) is 15.6. The Kier molecular flexibility index (Phi) is 4.25. The van der Waals surface area contributed by atoms with E-state index < -0.39 is 16.1 Å². The van der Waals surface area contributed by atoms with Crippen molar-refractivity contribution >= 4 is 10.0 Å². The number of sulfonamides is 1. The van der Waals surface area contributed by atoms with E-state index in [0.29, 0.717) is 11.8 Å². The highest BCUT2D eigenvalue weighted by Gasteiger charge is 2.22. The molecule has 0 amide bonds. The Hall–Kier alpha value is -1.75. The molecule has 2 aliphatic rings. The van der Waals surface area contributed by atoms with Crippen LogP contribution in [-0.2, 0) is 10.0 Å². The lowest BCUT2D eigenvalue weighted by Gasteiger charge is -2.09. The quantitative estimate of drug-likeness (QED) is 0.871. The van der Waals surface area contributed by atoms with Gasteiger partial charge in [0.05, 0.1) is 4.90 Å². The molecule has 4 heteroatoms. The summed E-state index contributed by atoms with van der Waals surface area (Å²) in [4.78, 5) is 0.254. The van der Waals surface area contributed by atoms with Crippen LogP contribution in [0.15, 0.2) is 29.2 Å². The fourth-order valence-electron chi connectivity index (χ4n) is 1.89. The summed E-state index contributed by atoms with van der Waals surface area (Å²) < 4.78 is 27.5. The number of hydrogen-bond acceptors (Lipinski definition) is 2. The SMILES string of the molecule is Cc1ccc(S(=O)(=O)NC(C#CC2CC2)C#CC2CC2)cc1. The molecule has 114 valence electrons. The molecule has 3 rings (SSSR count). The van der Waals surface area contributed by atoms with Crippen molar-refractivity contribution in [3.05, 3.63) is 29.8 Å². The molecule has 0 unspecified atom stereocenters. The lowest BCUT2D eigenvalue weighted by molar-refractivity contribution is 0.582. The molecule has 0 aromatic heterocycles. The van der Waals surface area contributed by atoms with Gasteiger partial charge in [0.1, 0.15) is 6.04 Å². The van der Waals surface area contributed by atoms with Crippen molar-refractivity contribution < 1.29 is 8.42 Å². The number of nitrogens with one attached hydrogen (secondary N) is 1. The lowest BCUT2D eigenvalue weighted by atomic mass is 10.2. The Morgan fingerprint density at radius 3 is 1.95 bits per heavy atom. The smallest absolute Gasteiger partial charge is 0.207 e. The Bertz CT molecular complexity index is 734. The average molecular weight is 313 g/mol. The molecule has 0 saturated heterocycles. The highest BCUT2D eigenvalue weighted by molar-refractivity contribution is 7.89. The number of aryl methyl sites for hydroxylation is 1. The molecule has 1 aromatic carbocycles. The first-order chi connectivity index (χ1) is 10.5. The minimum absolute atomic E-state index is 0.254. The third-order valence-corrected chi connectivity index (χ3v) is 5.06. The summed E-state index contributed by atoms with van der Waals surface area (Å²) in [5, 5.41) is 0. The third-order valence-electron chi connectivity index (χ3n) is 3.62. The van der Waals surface area contributed by atoms with E-state index in [1.165, 1.54) is 0 Å². The molecule has 0 bridgehead atoms. The van der Waals surface area contributed by atoms with Gasteiger partial charge in [-0.3, -0.25) is 0 Å². The second kappa shape index (κ2) is 6.16. The van der Waals surface area contributed by atoms with E-state index in [-0.39, 0.29) is 4.90 Å². The molecule has 0 atom stereocenters. The summed E-state index contributed by atoms with van der Waals surface area (Å²) in [6, 6.07) is 6.17. The summed E-state index contributed by atoms with van der Waals surface area (Å²) in [5.74, 6) is 13.0. The van der Waals surface area contributed by atoms with Crippen LogP contribution in [0.5, 0.6) is 0 Å². The topological polar surface area (TPSA) is 46.2 Å². The summed E-state index contributed by atoms with van der Waals surface area (Å²) in [6.07, 6.45) is 4.45. The van der Waals surface area contributed by atoms with Crippen LogP contribution < -0.4 is 4.72 Å². The lowest BCUT2D eigenvalue weighted by Crippen LogP contribution is -2.33. The second-order valence-electron chi connectivity index (χ2n) is 5.99. The molecule has 2 fully saturated rings. The molecule has 2 saturated carbocycles. The molecule has 0 radical (unpaired) electrons. The standard InChI is InChI=1S/C18H19NO2S/c1-14-2-12-18(13-3-14)22(20,21)19-17(10-8-15-4-5-15)11-9-16-6-7-16/h2-3,12-13,15-17,19H,4-7H2,1H3. The van der Waals surface area contributed by atoms with Crippen LogP contribution in [0.1, 0.15) is 31.2 Å². The molecule has 0 heterocycles. The number of benzene rings is 1. The van der Waals surface area contributed by atoms with Crippen LogP contribution >= 0.6 is 0 Å². The van der Waals surface area contributed by atoms with E-state index in [2.05, 4.69) is 28.4 Å². The van der Waals surface area contributed by atoms with Crippen molar-refractivity contribution in [3.63, 3.8) is 0 Å². The van der Waals surface area contributed by atoms with Gasteiger partial charge in [0.15, 0.2) is 0 Å². The van der Waals surface area contributed by atoms with Crippen molar-refractivity contribution in [1.29, 1.82) is 0 Å². The van der Waals surface area contributed by atoms with Gasteiger partial charge in [0.2, 0.25) is 10.0 Å². The minimum Gasteiger partial charge on any atom is -0.207 e. The highest BCUT2D eigenvalue weighted by atomic mass is 32.2. The zero-order valence-electron chi connectivity index (χ0n) is 12.6. The van der Waals surface area contributed by atoms with Gasteiger partial charge >= 0.3 is 0 Å². The van der Waals surface area contributed by atoms with Crippen LogP contribution in [0.3, 0.4) is 0 Å². The fraction of sp³-hybridized carbons (Fsp3) is 0.444. The van der Waals surface area contributed by atoms with Crippen LogP contribution in [0, 0.1) is 42.4 Å². The van der Waals surface area contributed by atoms with Crippen molar-refractivity contribution in [2.45, 2.75) is 43.5 Å². The Labute approximate surface area is 132 Å². The van der Waals surface area contributed by atoms with Crippen molar-refractivity contribution in [2.75, 3.05) is 0 Å². The first kappa shape index (κ1) is 15.2. The van der Waals surface area contributed by atoms with Crippen LogP contribution in [0.2, 0.25) is 0 Å². The number of rotatable bonds is 3. The molecule has 22 heavy (non-hydrogen) atoms. The molecular formula is C18H19NO2S. The molecular weight excluding hydrogens is 294 g/mol. The number of hydrogen-bond donors (Lipinski definition) is 1. The summed E-state index contributed by atoms with van der Waals surface area (Å²) >= 11 is 0. The van der Waals surface area contributed by atoms with Gasteiger partial charge in [0.25, 0.3) is 0 Å². The second-order valence-corrected chi connectivity index (χ2v) is 7.71. The molecule has 2 aliphatic carbocycles. The van der Waals surface area contributed by atoms with E-state index in [1.54, 1.807) is 24.3 Å². The first-order valence-electron chi connectivity index (χ1n) is 7.64. The van der Waals surface area contributed by atoms with Gasteiger partial charge in [-0.25, -0.2) is 8.42 Å². The van der Waals surface area contributed by atoms with Gasteiger partial charge < -0.3 is 0 Å². The van der Waals surface area contributed by atoms with Gasteiger partial charge in [0, 0.05) is 11.8 Å². The van der Waals surface area contributed by atoms with E-state index in [4.69, 9.17) is 0 Å². The monoisotopic (exact) mass is 313 g/mol. The van der Waals surface area contributed by atoms with E-state index >= 15 is 0 Å². The van der Waals surface area contributed by atoms with Crippen molar-refractivity contribution in [1.82, 2.24) is 4.72 Å². The van der Waals surface area contributed by atoms with Gasteiger partial charge in [-0.05, 0) is 44.7 Å². The molecule has 0 aliphatic heterocycles. The average Bonchev–Trinajstić information content (AvgIpc) is 3.37. The Morgan fingerprint density at radius 1 is 1.00 bits per heavy atom. The predicted molar refractivity (Wildman–Crippen MR) is 86.3 cm³/mol. The van der Waals surface area contributed by atoms with Crippen molar-refractivity contribution in [3.8, 4) is 23.7 Å². The minimum atomic E-state index is -3.59. The first-order valence-corrected chi connectivity index (χ1v) is 9.12. The molecule has 3 nitrogen and oxygen atoms in total. The highest BCUT2D eigenvalue weighted by Crippen LogP contribution is 2.28. The van der Waals surface area contributed by atoms with E-state index in [0.717, 1.165) is 31.2 Å². The van der Waals surface area contributed by atoms with Gasteiger partial charge in [-0.1, -0.05) is 41.4 Å². The zero-order valence-corrected chi connectivity index (χ0v) is 13.4. The summed E-state index contributed by atoms with van der Waals surface area (Å²) in [7, 11) is -3.59. The van der Waals surface area contributed by atoms with E-state index in [9.17, 15) is 8.42 Å². The van der Waals surface area contributed by atoms with Gasteiger partial charge in [-0.2, -0.15) is 4.72 Å². The molecule has 0 spiro atoms. The fourth-order valence-corrected chi connectivity index (χ4v) is 2.95. The van der Waals surface area contributed by atoms with Crippen molar-refractivity contribution in [2.24, 2.45) is 11.8 Å². The maximum absolute atomic E-state index is 12.4. The normalized spacial score (nSPS) is 17.4. The van der Waals surface area contributed by atoms with Crippen LogP contribution in [0.25, 0.3) is 0 Å². The maximum atomic E-state index is 12.4. The van der Waals surface area contributed by atoms with Crippen LogP contribution in [-0.4, -0.2) is 14.5 Å².